The minimum Gasteiger partial charge on any atom is -0.481 e. The summed E-state index contributed by atoms with van der Waals surface area (Å²) < 4.78 is 5.76. The molecule has 0 heterocycles. The molecule has 2 aromatic carbocycles. The van der Waals surface area contributed by atoms with Crippen LogP contribution in [-0.4, -0.2) is 36.4 Å². The first-order valence-corrected chi connectivity index (χ1v) is 8.75. The number of hydrogen-bond acceptors (Lipinski definition) is 3. The third-order valence-corrected chi connectivity index (χ3v) is 4.17. The van der Waals surface area contributed by atoms with E-state index in [0.29, 0.717) is 12.2 Å². The number of rotatable bonds is 7. The van der Waals surface area contributed by atoms with Crippen molar-refractivity contribution in [2.24, 2.45) is 0 Å². The van der Waals surface area contributed by atoms with Gasteiger partial charge in [-0.15, -0.1) is 0 Å². The minimum atomic E-state index is -0.615. The first-order chi connectivity index (χ1) is 12.4. The SMILES string of the molecule is CC[C@@H](Oc1ccccc1)C(=O)N(C)CC(=O)Nc1c(C)cccc1C. The van der Waals surface area contributed by atoms with E-state index in [9.17, 15) is 9.59 Å². The lowest BCUT2D eigenvalue weighted by atomic mass is 10.1. The van der Waals surface area contributed by atoms with Gasteiger partial charge >= 0.3 is 0 Å². The molecule has 0 aromatic heterocycles. The smallest absolute Gasteiger partial charge is 0.263 e. The molecule has 2 amide bonds. The van der Waals surface area contributed by atoms with E-state index >= 15 is 0 Å². The van der Waals surface area contributed by atoms with Crippen LogP contribution in [0.2, 0.25) is 0 Å². The van der Waals surface area contributed by atoms with Gasteiger partial charge in [0, 0.05) is 12.7 Å². The molecule has 0 aliphatic carbocycles. The van der Waals surface area contributed by atoms with Crippen LogP contribution >= 0.6 is 0 Å². The van der Waals surface area contributed by atoms with Crippen LogP contribution in [0.15, 0.2) is 48.5 Å². The quantitative estimate of drug-likeness (QED) is 0.827. The molecular formula is C21H26N2O3. The van der Waals surface area contributed by atoms with Crippen molar-refractivity contribution < 1.29 is 14.3 Å². The molecule has 0 aliphatic rings. The van der Waals surface area contributed by atoms with Gasteiger partial charge in [0.2, 0.25) is 5.91 Å². The van der Waals surface area contributed by atoms with Crippen molar-refractivity contribution >= 4 is 17.5 Å². The van der Waals surface area contributed by atoms with Gasteiger partial charge in [-0.1, -0.05) is 43.3 Å². The van der Waals surface area contributed by atoms with Gasteiger partial charge in [-0.3, -0.25) is 9.59 Å². The zero-order valence-corrected chi connectivity index (χ0v) is 15.8. The van der Waals surface area contributed by atoms with Gasteiger partial charge < -0.3 is 15.0 Å². The molecule has 5 heteroatoms. The molecule has 2 aromatic rings. The predicted molar refractivity (Wildman–Crippen MR) is 103 cm³/mol. The number of ether oxygens (including phenoxy) is 1. The summed E-state index contributed by atoms with van der Waals surface area (Å²) in [7, 11) is 1.61. The van der Waals surface area contributed by atoms with Crippen LogP contribution in [0, 0.1) is 13.8 Å². The Morgan fingerprint density at radius 3 is 2.23 bits per heavy atom. The second kappa shape index (κ2) is 9.04. The summed E-state index contributed by atoms with van der Waals surface area (Å²) >= 11 is 0. The zero-order valence-electron chi connectivity index (χ0n) is 15.8. The van der Waals surface area contributed by atoms with Crippen molar-refractivity contribution in [2.75, 3.05) is 18.9 Å². The van der Waals surface area contributed by atoms with E-state index in [1.165, 1.54) is 4.90 Å². The van der Waals surface area contributed by atoms with Crippen LogP contribution in [0.5, 0.6) is 5.75 Å². The number of likely N-dealkylation sites (N-methyl/N-ethyl adjacent to an activating group) is 1. The number of benzene rings is 2. The van der Waals surface area contributed by atoms with E-state index in [2.05, 4.69) is 5.32 Å². The lowest BCUT2D eigenvalue weighted by molar-refractivity contribution is -0.139. The van der Waals surface area contributed by atoms with Crippen molar-refractivity contribution in [3.63, 3.8) is 0 Å². The number of carbonyl (C=O) groups is 2. The Morgan fingerprint density at radius 1 is 1.04 bits per heavy atom. The number of para-hydroxylation sites is 2. The number of nitrogens with one attached hydrogen (secondary N) is 1. The summed E-state index contributed by atoms with van der Waals surface area (Å²) in [6, 6.07) is 15.1. The summed E-state index contributed by atoms with van der Waals surface area (Å²) in [5, 5.41) is 2.90. The molecular weight excluding hydrogens is 328 g/mol. The van der Waals surface area contributed by atoms with Crippen molar-refractivity contribution in [2.45, 2.75) is 33.3 Å². The highest BCUT2D eigenvalue weighted by atomic mass is 16.5. The molecule has 1 N–H and O–H groups in total. The Kier molecular flexibility index (Phi) is 6.78. The second-order valence-electron chi connectivity index (χ2n) is 6.34. The molecule has 2 rings (SSSR count). The van der Waals surface area contributed by atoms with Crippen molar-refractivity contribution in [3.05, 3.63) is 59.7 Å². The molecule has 0 fully saturated rings. The van der Waals surface area contributed by atoms with E-state index in [0.717, 1.165) is 16.8 Å². The van der Waals surface area contributed by atoms with E-state index in [4.69, 9.17) is 4.74 Å². The first kappa shape index (κ1) is 19.5. The number of hydrogen-bond donors (Lipinski definition) is 1. The molecule has 138 valence electrons. The average Bonchev–Trinajstić information content (AvgIpc) is 2.63. The highest BCUT2D eigenvalue weighted by Crippen LogP contribution is 2.19. The third-order valence-electron chi connectivity index (χ3n) is 4.17. The van der Waals surface area contributed by atoms with E-state index in [-0.39, 0.29) is 18.4 Å². The molecule has 1 atom stereocenters. The zero-order chi connectivity index (χ0) is 19.1. The third kappa shape index (κ3) is 5.09. The summed E-state index contributed by atoms with van der Waals surface area (Å²) in [6.07, 6.45) is -0.0910. The Morgan fingerprint density at radius 2 is 1.65 bits per heavy atom. The highest BCUT2D eigenvalue weighted by Gasteiger charge is 2.24. The number of amides is 2. The number of nitrogens with zero attached hydrogens (tertiary/aromatic N) is 1. The van der Waals surface area contributed by atoms with Crippen LogP contribution in [0.3, 0.4) is 0 Å². The normalized spacial score (nSPS) is 11.5. The summed E-state index contributed by atoms with van der Waals surface area (Å²) in [6.45, 7) is 5.74. The lowest BCUT2D eigenvalue weighted by Crippen LogP contribution is -2.43. The number of aryl methyl sites for hydroxylation is 2. The topological polar surface area (TPSA) is 58.6 Å². The molecule has 0 unspecified atom stereocenters. The van der Waals surface area contributed by atoms with Gasteiger partial charge in [-0.25, -0.2) is 0 Å². The molecule has 0 bridgehead atoms. The molecule has 26 heavy (non-hydrogen) atoms. The van der Waals surface area contributed by atoms with Gasteiger partial charge in [-0.2, -0.15) is 0 Å². The Bertz CT molecular complexity index is 739. The number of anilines is 1. The standard InChI is InChI=1S/C21H26N2O3/c1-5-18(26-17-12-7-6-8-13-17)21(25)23(4)14-19(24)22-20-15(2)10-9-11-16(20)3/h6-13,18H,5,14H2,1-4H3,(H,22,24)/t18-/m1/s1. The predicted octanol–water partition coefficient (Wildman–Crippen LogP) is 3.56. The lowest BCUT2D eigenvalue weighted by Gasteiger charge is -2.23. The fourth-order valence-corrected chi connectivity index (χ4v) is 2.70. The van der Waals surface area contributed by atoms with E-state index in [1.54, 1.807) is 7.05 Å². The summed E-state index contributed by atoms with van der Waals surface area (Å²) in [5.41, 5.74) is 2.78. The maximum Gasteiger partial charge on any atom is 0.263 e. The maximum atomic E-state index is 12.6. The molecule has 0 saturated heterocycles. The van der Waals surface area contributed by atoms with Crippen LogP contribution in [0.4, 0.5) is 5.69 Å². The second-order valence-corrected chi connectivity index (χ2v) is 6.34. The number of carbonyl (C=O) groups excluding carboxylic acids is 2. The van der Waals surface area contributed by atoms with Gasteiger partial charge in [-0.05, 0) is 43.5 Å². The summed E-state index contributed by atoms with van der Waals surface area (Å²) in [5.74, 6) is 0.196. The van der Waals surface area contributed by atoms with Gasteiger partial charge in [0.15, 0.2) is 6.10 Å². The molecule has 0 aliphatic heterocycles. The van der Waals surface area contributed by atoms with Crippen LogP contribution < -0.4 is 10.1 Å². The van der Waals surface area contributed by atoms with Gasteiger partial charge in [0.05, 0.1) is 6.54 Å². The van der Waals surface area contributed by atoms with Crippen LogP contribution in [0.25, 0.3) is 0 Å². The average molecular weight is 354 g/mol. The van der Waals surface area contributed by atoms with Crippen molar-refractivity contribution in [1.82, 2.24) is 4.90 Å². The molecule has 0 saturated carbocycles. The Balaban J connectivity index is 1.97. The van der Waals surface area contributed by atoms with E-state index < -0.39 is 6.10 Å². The first-order valence-electron chi connectivity index (χ1n) is 8.75. The molecule has 0 spiro atoms. The summed E-state index contributed by atoms with van der Waals surface area (Å²) in [4.78, 5) is 26.4. The van der Waals surface area contributed by atoms with Gasteiger partial charge in [0.1, 0.15) is 5.75 Å². The van der Waals surface area contributed by atoms with Gasteiger partial charge in [0.25, 0.3) is 5.91 Å². The van der Waals surface area contributed by atoms with Crippen LogP contribution in [-0.2, 0) is 9.59 Å². The van der Waals surface area contributed by atoms with Crippen LogP contribution in [0.1, 0.15) is 24.5 Å². The van der Waals surface area contributed by atoms with E-state index in [1.807, 2.05) is 69.3 Å². The maximum absolute atomic E-state index is 12.6. The highest BCUT2D eigenvalue weighted by molar-refractivity contribution is 5.96. The fraction of sp³-hybridized carbons (Fsp3) is 0.333. The minimum absolute atomic E-state index is 0.0265. The monoisotopic (exact) mass is 354 g/mol. The van der Waals surface area contributed by atoms with Crippen molar-refractivity contribution in [1.29, 1.82) is 0 Å². The van der Waals surface area contributed by atoms with Crippen molar-refractivity contribution in [3.8, 4) is 5.75 Å². The molecule has 5 nitrogen and oxygen atoms in total. The fourth-order valence-electron chi connectivity index (χ4n) is 2.70. The Labute approximate surface area is 155 Å². The Hall–Kier alpha value is -2.82. The largest absolute Gasteiger partial charge is 0.481 e. The molecule has 0 radical (unpaired) electrons.